The standard InChI is InChI=1S/C16H20ClNO2/c17-14-9-12(13(10-16(19)20)11-3-4-11)5-6-15(14)18-7-1-2-8-18/h5-6,9,11,13H,1-4,7-8,10H2,(H,19,20). The van der Waals surface area contributed by atoms with Crippen LogP contribution in [-0.2, 0) is 4.79 Å². The molecule has 3 rings (SSSR count). The van der Waals surface area contributed by atoms with Crippen molar-refractivity contribution in [2.24, 2.45) is 5.92 Å². The monoisotopic (exact) mass is 293 g/mol. The molecule has 2 aliphatic rings. The predicted molar refractivity (Wildman–Crippen MR) is 80.6 cm³/mol. The van der Waals surface area contributed by atoms with Crippen LogP contribution in [0, 0.1) is 5.92 Å². The van der Waals surface area contributed by atoms with Crippen molar-refractivity contribution in [3.63, 3.8) is 0 Å². The smallest absolute Gasteiger partial charge is 0.303 e. The summed E-state index contributed by atoms with van der Waals surface area (Å²) in [7, 11) is 0. The van der Waals surface area contributed by atoms with Crippen LogP contribution >= 0.6 is 11.6 Å². The number of carbonyl (C=O) groups is 1. The number of carboxylic acids is 1. The van der Waals surface area contributed by atoms with Gasteiger partial charge in [-0.1, -0.05) is 17.7 Å². The van der Waals surface area contributed by atoms with E-state index in [1.807, 2.05) is 6.07 Å². The second kappa shape index (κ2) is 5.65. The van der Waals surface area contributed by atoms with Crippen molar-refractivity contribution in [2.45, 2.75) is 38.0 Å². The van der Waals surface area contributed by atoms with Crippen LogP contribution < -0.4 is 4.90 Å². The SMILES string of the molecule is O=C(O)CC(c1ccc(N2CCCC2)c(Cl)c1)C1CC1. The maximum absolute atomic E-state index is 11.0. The average molecular weight is 294 g/mol. The Balaban J connectivity index is 1.82. The van der Waals surface area contributed by atoms with Crippen molar-refractivity contribution in [3.8, 4) is 0 Å². The third-order valence-electron chi connectivity index (χ3n) is 4.43. The van der Waals surface area contributed by atoms with Crippen LogP contribution in [-0.4, -0.2) is 24.2 Å². The predicted octanol–water partition coefficient (Wildman–Crippen LogP) is 3.91. The molecule has 0 bridgehead atoms. The number of hydrogen-bond acceptors (Lipinski definition) is 2. The third kappa shape index (κ3) is 2.93. The second-order valence-corrected chi connectivity index (χ2v) is 6.35. The van der Waals surface area contributed by atoms with E-state index < -0.39 is 5.97 Å². The molecule has 0 aromatic heterocycles. The van der Waals surface area contributed by atoms with Gasteiger partial charge in [-0.3, -0.25) is 4.79 Å². The summed E-state index contributed by atoms with van der Waals surface area (Å²) >= 11 is 6.43. The molecule has 1 N–H and O–H groups in total. The van der Waals surface area contributed by atoms with E-state index >= 15 is 0 Å². The van der Waals surface area contributed by atoms with Gasteiger partial charge in [0.2, 0.25) is 0 Å². The molecule has 0 spiro atoms. The molecule has 108 valence electrons. The molecule has 0 amide bonds. The van der Waals surface area contributed by atoms with E-state index in [2.05, 4.69) is 17.0 Å². The van der Waals surface area contributed by atoms with Crippen LogP contribution in [0.3, 0.4) is 0 Å². The van der Waals surface area contributed by atoms with Crippen LogP contribution in [0.1, 0.15) is 43.6 Å². The topological polar surface area (TPSA) is 40.5 Å². The molecule has 0 radical (unpaired) electrons. The summed E-state index contributed by atoms with van der Waals surface area (Å²) in [5, 5.41) is 9.84. The molecule has 1 heterocycles. The van der Waals surface area contributed by atoms with E-state index in [0.717, 1.165) is 42.2 Å². The van der Waals surface area contributed by atoms with Gasteiger partial charge in [-0.15, -0.1) is 0 Å². The fourth-order valence-corrected chi connectivity index (χ4v) is 3.52. The Morgan fingerprint density at radius 2 is 2.05 bits per heavy atom. The number of rotatable bonds is 5. The molecule has 2 fully saturated rings. The quantitative estimate of drug-likeness (QED) is 0.895. The van der Waals surface area contributed by atoms with Crippen molar-refractivity contribution in [1.82, 2.24) is 0 Å². The normalized spacial score (nSPS) is 20.1. The molecule has 1 atom stereocenters. The molecular weight excluding hydrogens is 274 g/mol. The van der Waals surface area contributed by atoms with E-state index in [1.54, 1.807) is 0 Å². The van der Waals surface area contributed by atoms with Crippen LogP contribution in [0.25, 0.3) is 0 Å². The van der Waals surface area contributed by atoms with E-state index in [1.165, 1.54) is 12.8 Å². The zero-order valence-electron chi connectivity index (χ0n) is 11.5. The Hall–Kier alpha value is -1.22. The number of halogens is 1. The minimum atomic E-state index is -0.721. The molecule has 1 saturated heterocycles. The highest BCUT2D eigenvalue weighted by molar-refractivity contribution is 6.33. The van der Waals surface area contributed by atoms with Crippen LogP contribution in [0.2, 0.25) is 5.02 Å². The van der Waals surface area contributed by atoms with Gasteiger partial charge in [0.15, 0.2) is 0 Å². The van der Waals surface area contributed by atoms with Crippen LogP contribution in [0.4, 0.5) is 5.69 Å². The Bertz CT molecular complexity index is 507. The summed E-state index contributed by atoms with van der Waals surface area (Å²) in [5.74, 6) is -0.0703. The van der Waals surface area contributed by atoms with Gasteiger partial charge in [0.25, 0.3) is 0 Å². The first-order chi connectivity index (χ1) is 9.65. The van der Waals surface area contributed by atoms with Gasteiger partial charge in [0, 0.05) is 13.1 Å². The molecule has 3 nitrogen and oxygen atoms in total. The number of anilines is 1. The van der Waals surface area contributed by atoms with Crippen molar-refractivity contribution >= 4 is 23.3 Å². The molecule has 1 aromatic carbocycles. The van der Waals surface area contributed by atoms with Gasteiger partial charge in [-0.2, -0.15) is 0 Å². The fraction of sp³-hybridized carbons (Fsp3) is 0.562. The molecule has 1 saturated carbocycles. The van der Waals surface area contributed by atoms with Crippen molar-refractivity contribution in [3.05, 3.63) is 28.8 Å². The number of carboxylic acid groups (broad SMARTS) is 1. The van der Waals surface area contributed by atoms with Gasteiger partial charge >= 0.3 is 5.97 Å². The van der Waals surface area contributed by atoms with Gasteiger partial charge in [-0.05, 0) is 55.2 Å². The van der Waals surface area contributed by atoms with Crippen LogP contribution in [0.5, 0.6) is 0 Å². The fourth-order valence-electron chi connectivity index (χ4n) is 3.21. The van der Waals surface area contributed by atoms with E-state index in [0.29, 0.717) is 5.92 Å². The summed E-state index contributed by atoms with van der Waals surface area (Å²) < 4.78 is 0. The zero-order valence-corrected chi connectivity index (χ0v) is 12.3. The Labute approximate surface area is 124 Å². The lowest BCUT2D eigenvalue weighted by Crippen LogP contribution is -2.18. The number of nitrogens with zero attached hydrogens (tertiary/aromatic N) is 1. The highest BCUT2D eigenvalue weighted by Gasteiger charge is 2.34. The number of hydrogen-bond donors (Lipinski definition) is 1. The Kier molecular flexibility index (Phi) is 3.88. The first kappa shape index (κ1) is 13.7. The first-order valence-corrected chi connectivity index (χ1v) is 7.79. The lowest BCUT2D eigenvalue weighted by atomic mass is 9.91. The highest BCUT2D eigenvalue weighted by atomic mass is 35.5. The van der Waals surface area contributed by atoms with Gasteiger partial charge < -0.3 is 10.0 Å². The van der Waals surface area contributed by atoms with Crippen molar-refractivity contribution in [2.75, 3.05) is 18.0 Å². The van der Waals surface area contributed by atoms with Gasteiger partial charge in [0.1, 0.15) is 0 Å². The maximum atomic E-state index is 11.0. The van der Waals surface area contributed by atoms with Gasteiger partial charge in [0.05, 0.1) is 17.1 Å². The van der Waals surface area contributed by atoms with Crippen LogP contribution in [0.15, 0.2) is 18.2 Å². The lowest BCUT2D eigenvalue weighted by Gasteiger charge is -2.21. The average Bonchev–Trinajstić information content (AvgIpc) is 3.11. The Morgan fingerprint density at radius 1 is 1.35 bits per heavy atom. The lowest BCUT2D eigenvalue weighted by molar-refractivity contribution is -0.137. The largest absolute Gasteiger partial charge is 0.481 e. The van der Waals surface area contributed by atoms with Gasteiger partial charge in [-0.25, -0.2) is 0 Å². The molecule has 1 aliphatic carbocycles. The maximum Gasteiger partial charge on any atom is 0.303 e. The summed E-state index contributed by atoms with van der Waals surface area (Å²) in [5.41, 5.74) is 2.18. The molecular formula is C16H20ClNO2. The molecule has 4 heteroatoms. The minimum Gasteiger partial charge on any atom is -0.481 e. The second-order valence-electron chi connectivity index (χ2n) is 5.95. The highest BCUT2D eigenvalue weighted by Crippen LogP contribution is 2.45. The number of benzene rings is 1. The molecule has 20 heavy (non-hydrogen) atoms. The van der Waals surface area contributed by atoms with Crippen molar-refractivity contribution < 1.29 is 9.90 Å². The summed E-state index contributed by atoms with van der Waals surface area (Å²) in [6.45, 7) is 2.14. The van der Waals surface area contributed by atoms with E-state index in [-0.39, 0.29) is 12.3 Å². The summed E-state index contributed by atoms with van der Waals surface area (Å²) in [4.78, 5) is 13.3. The summed E-state index contributed by atoms with van der Waals surface area (Å²) in [6.07, 6.45) is 4.94. The number of aliphatic carboxylic acids is 1. The zero-order chi connectivity index (χ0) is 14.1. The van der Waals surface area contributed by atoms with Crippen molar-refractivity contribution in [1.29, 1.82) is 0 Å². The Morgan fingerprint density at radius 3 is 2.60 bits per heavy atom. The molecule has 1 aliphatic heterocycles. The first-order valence-electron chi connectivity index (χ1n) is 7.41. The molecule has 1 aromatic rings. The minimum absolute atomic E-state index is 0.123. The van der Waals surface area contributed by atoms with E-state index in [4.69, 9.17) is 16.7 Å². The molecule has 1 unspecified atom stereocenters. The summed E-state index contributed by atoms with van der Waals surface area (Å²) in [6, 6.07) is 6.13. The van der Waals surface area contributed by atoms with E-state index in [9.17, 15) is 4.79 Å². The third-order valence-corrected chi connectivity index (χ3v) is 4.73.